The van der Waals surface area contributed by atoms with Gasteiger partial charge in [0.2, 0.25) is 5.76 Å². The average Bonchev–Trinajstić information content (AvgIpc) is 2.74. The topological polar surface area (TPSA) is 67.2 Å². The van der Waals surface area contributed by atoms with Gasteiger partial charge < -0.3 is 15.1 Å². The largest absolute Gasteiger partial charge is 0.438 e. The number of oxazole rings is 1. The lowest BCUT2D eigenvalue weighted by atomic mass is 10.1. The second kappa shape index (κ2) is 4.94. The van der Waals surface area contributed by atoms with E-state index in [-0.39, 0.29) is 5.91 Å². The number of carbonyl (C=O) groups excluding carboxylic acids is 1. The number of nitrogens with zero attached hydrogens (tertiary/aromatic N) is 1. The molecule has 1 amide bonds. The maximum absolute atomic E-state index is 11.7. The lowest BCUT2D eigenvalue weighted by Gasteiger charge is -2.14. The van der Waals surface area contributed by atoms with E-state index in [9.17, 15) is 4.79 Å². The number of aryl methyl sites for hydroxylation is 1. The Balaban J connectivity index is 1.89. The number of rotatable bonds is 3. The van der Waals surface area contributed by atoms with Crippen molar-refractivity contribution < 1.29 is 9.21 Å². The first-order chi connectivity index (χ1) is 7.77. The lowest BCUT2D eigenvalue weighted by molar-refractivity contribution is 0.0928. The van der Waals surface area contributed by atoms with Crippen molar-refractivity contribution in [1.82, 2.24) is 15.6 Å². The van der Waals surface area contributed by atoms with E-state index in [0.29, 0.717) is 18.0 Å². The van der Waals surface area contributed by atoms with Gasteiger partial charge in [0.05, 0.1) is 5.69 Å². The van der Waals surface area contributed by atoms with Crippen LogP contribution in [0.1, 0.15) is 22.7 Å². The number of amides is 1. The molecule has 0 spiro atoms. The molecule has 1 aromatic rings. The van der Waals surface area contributed by atoms with E-state index >= 15 is 0 Å². The van der Waals surface area contributed by atoms with Crippen molar-refractivity contribution in [3.63, 3.8) is 0 Å². The van der Waals surface area contributed by atoms with Crippen molar-refractivity contribution in [3.05, 3.63) is 29.5 Å². The molecule has 0 saturated carbocycles. The molecule has 0 radical (unpaired) electrons. The van der Waals surface area contributed by atoms with Crippen LogP contribution >= 0.6 is 0 Å². The summed E-state index contributed by atoms with van der Waals surface area (Å²) in [5, 5.41) is 6.05. The predicted octanol–water partition coefficient (Wildman–Crippen LogP) is 0.633. The zero-order valence-corrected chi connectivity index (χ0v) is 9.25. The molecule has 0 fully saturated rings. The first-order valence-electron chi connectivity index (χ1n) is 5.34. The molecular formula is C11H15N3O2. The van der Waals surface area contributed by atoms with Crippen LogP contribution in [0.15, 0.2) is 22.5 Å². The smallest absolute Gasteiger partial charge is 0.289 e. The van der Waals surface area contributed by atoms with Crippen molar-refractivity contribution in [3.8, 4) is 0 Å². The van der Waals surface area contributed by atoms with Crippen LogP contribution in [0, 0.1) is 6.92 Å². The molecule has 0 atom stereocenters. The summed E-state index contributed by atoms with van der Waals surface area (Å²) in [6.07, 6.45) is 4.38. The van der Waals surface area contributed by atoms with Gasteiger partial charge in [-0.3, -0.25) is 4.79 Å². The lowest BCUT2D eigenvalue weighted by Crippen LogP contribution is -2.29. The molecule has 0 aromatic carbocycles. The first-order valence-corrected chi connectivity index (χ1v) is 5.34. The van der Waals surface area contributed by atoms with Crippen LogP contribution in [-0.4, -0.2) is 30.5 Å². The number of hydrogen-bond acceptors (Lipinski definition) is 4. The van der Waals surface area contributed by atoms with E-state index in [1.54, 1.807) is 6.92 Å². The summed E-state index contributed by atoms with van der Waals surface area (Å²) in [7, 11) is 0. The van der Waals surface area contributed by atoms with E-state index in [4.69, 9.17) is 4.42 Å². The Morgan fingerprint density at radius 2 is 2.56 bits per heavy atom. The van der Waals surface area contributed by atoms with Crippen LogP contribution in [-0.2, 0) is 0 Å². The van der Waals surface area contributed by atoms with E-state index < -0.39 is 0 Å². The molecule has 1 aliphatic heterocycles. The second-order valence-corrected chi connectivity index (χ2v) is 3.77. The summed E-state index contributed by atoms with van der Waals surface area (Å²) in [6, 6.07) is 0. The Kier molecular flexibility index (Phi) is 3.36. The number of nitrogens with one attached hydrogen (secondary N) is 2. The summed E-state index contributed by atoms with van der Waals surface area (Å²) < 4.78 is 5.01. The molecule has 5 heteroatoms. The molecule has 0 aliphatic carbocycles. The SMILES string of the molecule is Cc1ncoc1C(=O)NCC1=CCNCC1. The minimum Gasteiger partial charge on any atom is -0.438 e. The Morgan fingerprint density at radius 1 is 1.69 bits per heavy atom. The van der Waals surface area contributed by atoms with Gasteiger partial charge in [-0.25, -0.2) is 4.98 Å². The van der Waals surface area contributed by atoms with E-state index in [2.05, 4.69) is 21.7 Å². The molecule has 2 rings (SSSR count). The standard InChI is InChI=1S/C11H15N3O2/c1-8-10(16-7-14-8)11(15)13-6-9-2-4-12-5-3-9/h2,7,12H,3-6H2,1H3,(H,13,15). The van der Waals surface area contributed by atoms with Gasteiger partial charge in [0, 0.05) is 13.1 Å². The maximum Gasteiger partial charge on any atom is 0.289 e. The Morgan fingerprint density at radius 3 is 3.19 bits per heavy atom. The van der Waals surface area contributed by atoms with Crippen LogP contribution in [0.2, 0.25) is 0 Å². The number of aromatic nitrogens is 1. The molecule has 0 saturated heterocycles. The fourth-order valence-corrected chi connectivity index (χ4v) is 1.62. The highest BCUT2D eigenvalue weighted by Crippen LogP contribution is 2.06. The third-order valence-corrected chi connectivity index (χ3v) is 2.59. The van der Waals surface area contributed by atoms with Crippen molar-refractivity contribution in [1.29, 1.82) is 0 Å². The molecule has 2 heterocycles. The molecular weight excluding hydrogens is 206 g/mol. The highest BCUT2D eigenvalue weighted by molar-refractivity contribution is 5.92. The second-order valence-electron chi connectivity index (χ2n) is 3.77. The Hall–Kier alpha value is -1.62. The molecule has 1 aliphatic rings. The van der Waals surface area contributed by atoms with Gasteiger partial charge in [0.15, 0.2) is 6.39 Å². The minimum absolute atomic E-state index is 0.200. The van der Waals surface area contributed by atoms with Gasteiger partial charge in [-0.05, 0) is 19.9 Å². The van der Waals surface area contributed by atoms with Gasteiger partial charge >= 0.3 is 0 Å². The third-order valence-electron chi connectivity index (χ3n) is 2.59. The van der Waals surface area contributed by atoms with Crippen molar-refractivity contribution in [2.45, 2.75) is 13.3 Å². The van der Waals surface area contributed by atoms with Crippen LogP contribution in [0.4, 0.5) is 0 Å². The number of carbonyl (C=O) groups is 1. The van der Waals surface area contributed by atoms with Gasteiger partial charge in [-0.15, -0.1) is 0 Å². The number of hydrogen-bond donors (Lipinski definition) is 2. The maximum atomic E-state index is 11.7. The zero-order valence-electron chi connectivity index (χ0n) is 9.25. The summed E-state index contributed by atoms with van der Waals surface area (Å²) in [5.41, 5.74) is 1.88. The third kappa shape index (κ3) is 2.49. The van der Waals surface area contributed by atoms with Crippen LogP contribution in [0.3, 0.4) is 0 Å². The molecule has 86 valence electrons. The van der Waals surface area contributed by atoms with E-state index in [0.717, 1.165) is 19.5 Å². The zero-order chi connectivity index (χ0) is 11.4. The molecule has 2 N–H and O–H groups in total. The Bertz CT molecular complexity index is 409. The van der Waals surface area contributed by atoms with Gasteiger partial charge in [-0.1, -0.05) is 11.6 Å². The summed E-state index contributed by atoms with van der Waals surface area (Å²) in [5.74, 6) is 0.101. The minimum atomic E-state index is -0.200. The van der Waals surface area contributed by atoms with Gasteiger partial charge in [-0.2, -0.15) is 0 Å². The molecule has 1 aromatic heterocycles. The molecule has 0 bridgehead atoms. The fourth-order valence-electron chi connectivity index (χ4n) is 1.62. The van der Waals surface area contributed by atoms with Crippen molar-refractivity contribution >= 4 is 5.91 Å². The normalized spacial score (nSPS) is 15.7. The summed E-state index contributed by atoms with van der Waals surface area (Å²) >= 11 is 0. The molecule has 5 nitrogen and oxygen atoms in total. The molecule has 0 unspecified atom stereocenters. The van der Waals surface area contributed by atoms with Crippen molar-refractivity contribution in [2.24, 2.45) is 0 Å². The van der Waals surface area contributed by atoms with Gasteiger partial charge in [0.25, 0.3) is 5.91 Å². The monoisotopic (exact) mass is 221 g/mol. The summed E-state index contributed by atoms with van der Waals surface area (Å²) in [6.45, 7) is 4.19. The quantitative estimate of drug-likeness (QED) is 0.735. The first kappa shape index (κ1) is 10.9. The summed E-state index contributed by atoms with van der Waals surface area (Å²) in [4.78, 5) is 15.6. The Labute approximate surface area is 93.9 Å². The highest BCUT2D eigenvalue weighted by Gasteiger charge is 2.13. The van der Waals surface area contributed by atoms with Gasteiger partial charge in [0.1, 0.15) is 0 Å². The molecule has 16 heavy (non-hydrogen) atoms. The van der Waals surface area contributed by atoms with Crippen LogP contribution < -0.4 is 10.6 Å². The highest BCUT2D eigenvalue weighted by atomic mass is 16.3. The average molecular weight is 221 g/mol. The van der Waals surface area contributed by atoms with E-state index in [1.165, 1.54) is 12.0 Å². The van der Waals surface area contributed by atoms with E-state index in [1.807, 2.05) is 0 Å². The van der Waals surface area contributed by atoms with Crippen LogP contribution in [0.25, 0.3) is 0 Å². The van der Waals surface area contributed by atoms with Crippen molar-refractivity contribution in [2.75, 3.05) is 19.6 Å². The predicted molar refractivity (Wildman–Crippen MR) is 59.1 cm³/mol. The fraction of sp³-hybridized carbons (Fsp3) is 0.455. The van der Waals surface area contributed by atoms with Crippen LogP contribution in [0.5, 0.6) is 0 Å².